The maximum atomic E-state index is 13.3. The van der Waals surface area contributed by atoms with Gasteiger partial charge in [-0.25, -0.2) is 4.99 Å². The number of carbonyl (C=O) groups is 2. The van der Waals surface area contributed by atoms with E-state index in [-0.39, 0.29) is 12.3 Å². The molecule has 0 spiro atoms. The van der Waals surface area contributed by atoms with Crippen molar-refractivity contribution in [3.63, 3.8) is 0 Å². The lowest BCUT2D eigenvalue weighted by Gasteiger charge is -2.19. The molecule has 0 atom stereocenters. The fourth-order valence-electron chi connectivity index (χ4n) is 3.83. The molecule has 0 fully saturated rings. The zero-order valence-corrected chi connectivity index (χ0v) is 20.0. The molecule has 7 heteroatoms. The Bertz CT molecular complexity index is 1090. The summed E-state index contributed by atoms with van der Waals surface area (Å²) in [4.78, 5) is 30.6. The first-order chi connectivity index (χ1) is 16.4. The third kappa shape index (κ3) is 6.25. The standard InChI is InChI=1S/C27H32N2O5/c1-4-33-23-15-14-20(18-24(23)34-5-2)17-22-27(32)29(16-10-6-7-13-25(30)31)26(28-22)21-12-9-8-11-19(21)3/h8-9,11-12,14-15,17-18H,4-7,10,13,16H2,1-3H3,(H,30,31). The fourth-order valence-corrected chi connectivity index (χ4v) is 3.83. The molecule has 1 aliphatic heterocycles. The normalized spacial score (nSPS) is 14.4. The lowest BCUT2D eigenvalue weighted by Crippen LogP contribution is -2.34. The van der Waals surface area contributed by atoms with Crippen LogP contribution in [0.4, 0.5) is 0 Å². The van der Waals surface area contributed by atoms with E-state index in [0.717, 1.165) is 23.1 Å². The number of nitrogens with zero attached hydrogens (tertiary/aromatic N) is 2. The van der Waals surface area contributed by atoms with E-state index in [0.29, 0.717) is 55.6 Å². The zero-order chi connectivity index (χ0) is 24.5. The summed E-state index contributed by atoms with van der Waals surface area (Å²) < 4.78 is 11.3. The van der Waals surface area contributed by atoms with Crippen LogP contribution in [-0.2, 0) is 9.59 Å². The van der Waals surface area contributed by atoms with Crippen LogP contribution in [0.2, 0.25) is 0 Å². The molecule has 0 unspecified atom stereocenters. The van der Waals surface area contributed by atoms with Gasteiger partial charge in [0.15, 0.2) is 11.5 Å². The third-order valence-corrected chi connectivity index (χ3v) is 5.48. The number of carboxylic acids is 1. The number of benzene rings is 2. The van der Waals surface area contributed by atoms with E-state index in [9.17, 15) is 9.59 Å². The minimum atomic E-state index is -0.800. The van der Waals surface area contributed by atoms with Crippen molar-refractivity contribution in [2.75, 3.05) is 19.8 Å². The van der Waals surface area contributed by atoms with Crippen molar-refractivity contribution in [3.05, 3.63) is 64.9 Å². The Morgan fingerprint density at radius 1 is 1.03 bits per heavy atom. The molecule has 1 heterocycles. The van der Waals surface area contributed by atoms with Gasteiger partial charge in [-0.15, -0.1) is 0 Å². The van der Waals surface area contributed by atoms with E-state index in [4.69, 9.17) is 19.6 Å². The topological polar surface area (TPSA) is 88.4 Å². The van der Waals surface area contributed by atoms with E-state index < -0.39 is 5.97 Å². The number of unbranched alkanes of at least 4 members (excludes halogenated alkanes) is 2. The zero-order valence-electron chi connectivity index (χ0n) is 20.0. The molecule has 0 saturated carbocycles. The predicted molar refractivity (Wildman–Crippen MR) is 132 cm³/mol. The van der Waals surface area contributed by atoms with Crippen LogP contribution in [0.5, 0.6) is 11.5 Å². The van der Waals surface area contributed by atoms with Crippen LogP contribution < -0.4 is 9.47 Å². The SMILES string of the molecule is CCOc1ccc(C=C2N=C(c3ccccc3C)N(CCCCCC(=O)O)C2=O)cc1OCC. The predicted octanol–water partition coefficient (Wildman–Crippen LogP) is 5.07. The van der Waals surface area contributed by atoms with Gasteiger partial charge in [-0.2, -0.15) is 0 Å². The van der Waals surface area contributed by atoms with Crippen LogP contribution in [0.1, 0.15) is 56.2 Å². The molecule has 0 saturated heterocycles. The van der Waals surface area contributed by atoms with Gasteiger partial charge in [-0.05, 0) is 62.9 Å². The first kappa shape index (κ1) is 25.0. The molecule has 180 valence electrons. The first-order valence-electron chi connectivity index (χ1n) is 11.7. The monoisotopic (exact) mass is 464 g/mol. The van der Waals surface area contributed by atoms with Crippen LogP contribution in [-0.4, -0.2) is 47.5 Å². The summed E-state index contributed by atoms with van der Waals surface area (Å²) in [5, 5.41) is 8.85. The van der Waals surface area contributed by atoms with Crippen molar-refractivity contribution in [2.45, 2.75) is 46.5 Å². The smallest absolute Gasteiger partial charge is 0.303 e. The molecule has 34 heavy (non-hydrogen) atoms. The average Bonchev–Trinajstić information content (AvgIpc) is 3.10. The molecule has 0 radical (unpaired) electrons. The quantitative estimate of drug-likeness (QED) is 0.350. The summed E-state index contributed by atoms with van der Waals surface area (Å²) in [5.41, 5.74) is 3.10. The van der Waals surface area contributed by atoms with Gasteiger partial charge in [0.25, 0.3) is 5.91 Å². The van der Waals surface area contributed by atoms with Gasteiger partial charge < -0.3 is 14.6 Å². The van der Waals surface area contributed by atoms with E-state index in [2.05, 4.69) is 0 Å². The third-order valence-electron chi connectivity index (χ3n) is 5.48. The Kier molecular flexibility index (Phi) is 8.85. The highest BCUT2D eigenvalue weighted by Gasteiger charge is 2.31. The number of amidine groups is 1. The largest absolute Gasteiger partial charge is 0.490 e. The Labute approximate surface area is 200 Å². The summed E-state index contributed by atoms with van der Waals surface area (Å²) in [7, 11) is 0. The summed E-state index contributed by atoms with van der Waals surface area (Å²) in [6.45, 7) is 7.34. The average molecular weight is 465 g/mol. The number of aliphatic carboxylic acids is 1. The van der Waals surface area contributed by atoms with Gasteiger partial charge in [0.1, 0.15) is 11.5 Å². The minimum Gasteiger partial charge on any atom is -0.490 e. The molecule has 0 aromatic heterocycles. The Hall–Kier alpha value is -3.61. The second kappa shape index (κ2) is 12.0. The lowest BCUT2D eigenvalue weighted by molar-refractivity contribution is -0.137. The van der Waals surface area contributed by atoms with Crippen molar-refractivity contribution >= 4 is 23.8 Å². The molecule has 1 amide bonds. The van der Waals surface area contributed by atoms with Crippen molar-refractivity contribution in [1.29, 1.82) is 0 Å². The lowest BCUT2D eigenvalue weighted by atomic mass is 10.1. The van der Waals surface area contributed by atoms with Crippen molar-refractivity contribution in [3.8, 4) is 11.5 Å². The Balaban J connectivity index is 1.89. The number of carboxylic acid groups (broad SMARTS) is 1. The van der Waals surface area contributed by atoms with E-state index in [1.165, 1.54) is 0 Å². The van der Waals surface area contributed by atoms with Crippen LogP contribution in [0.3, 0.4) is 0 Å². The number of rotatable bonds is 12. The molecule has 7 nitrogen and oxygen atoms in total. The number of amides is 1. The number of ether oxygens (including phenoxy) is 2. The van der Waals surface area contributed by atoms with E-state index in [1.54, 1.807) is 11.0 Å². The highest BCUT2D eigenvalue weighted by molar-refractivity contribution is 6.20. The highest BCUT2D eigenvalue weighted by atomic mass is 16.5. The maximum absolute atomic E-state index is 13.3. The van der Waals surface area contributed by atoms with Gasteiger partial charge in [0.2, 0.25) is 0 Å². The van der Waals surface area contributed by atoms with Crippen molar-refractivity contribution < 1.29 is 24.2 Å². The molecule has 1 aliphatic rings. The number of hydrogen-bond donors (Lipinski definition) is 1. The van der Waals surface area contributed by atoms with Gasteiger partial charge in [0.05, 0.1) is 13.2 Å². The molecule has 2 aromatic rings. The van der Waals surface area contributed by atoms with E-state index >= 15 is 0 Å². The fraction of sp³-hybridized carbons (Fsp3) is 0.370. The number of aliphatic imine (C=N–C) groups is 1. The van der Waals surface area contributed by atoms with Gasteiger partial charge in [0, 0.05) is 18.5 Å². The van der Waals surface area contributed by atoms with Crippen LogP contribution in [0.15, 0.2) is 53.2 Å². The molecular formula is C27H32N2O5. The highest BCUT2D eigenvalue weighted by Crippen LogP contribution is 2.31. The maximum Gasteiger partial charge on any atom is 0.303 e. The Morgan fingerprint density at radius 3 is 2.47 bits per heavy atom. The van der Waals surface area contributed by atoms with Crippen LogP contribution in [0.25, 0.3) is 6.08 Å². The first-order valence-corrected chi connectivity index (χ1v) is 11.7. The number of hydrogen-bond acceptors (Lipinski definition) is 5. The Morgan fingerprint density at radius 2 is 1.76 bits per heavy atom. The van der Waals surface area contributed by atoms with E-state index in [1.807, 2.05) is 63.2 Å². The molecule has 3 rings (SSSR count). The second-order valence-electron chi connectivity index (χ2n) is 8.01. The summed E-state index contributed by atoms with van der Waals surface area (Å²) in [5.74, 6) is 0.956. The summed E-state index contributed by atoms with van der Waals surface area (Å²) >= 11 is 0. The van der Waals surface area contributed by atoms with Gasteiger partial charge >= 0.3 is 5.97 Å². The van der Waals surface area contributed by atoms with Gasteiger partial charge in [-0.1, -0.05) is 36.8 Å². The molecule has 2 aromatic carbocycles. The minimum absolute atomic E-state index is 0.137. The number of aryl methyl sites for hydroxylation is 1. The molecule has 0 aliphatic carbocycles. The van der Waals surface area contributed by atoms with Crippen LogP contribution in [0, 0.1) is 6.92 Å². The second-order valence-corrected chi connectivity index (χ2v) is 8.01. The number of carbonyl (C=O) groups excluding carboxylic acids is 1. The summed E-state index contributed by atoms with van der Waals surface area (Å²) in [6, 6.07) is 13.4. The van der Waals surface area contributed by atoms with Gasteiger partial charge in [-0.3, -0.25) is 14.5 Å². The molecule has 0 bridgehead atoms. The summed E-state index contributed by atoms with van der Waals surface area (Å²) in [6.07, 6.45) is 3.92. The molecule has 1 N–H and O–H groups in total. The molecular weight excluding hydrogens is 432 g/mol. The van der Waals surface area contributed by atoms with Crippen LogP contribution >= 0.6 is 0 Å². The van der Waals surface area contributed by atoms with Crippen molar-refractivity contribution in [1.82, 2.24) is 4.90 Å². The van der Waals surface area contributed by atoms with Crippen molar-refractivity contribution in [2.24, 2.45) is 4.99 Å².